The number of hydrogen-bond acceptors (Lipinski definition) is 4. The number of nitrogens with one attached hydrogen (secondary N) is 2. The number of benzene rings is 1. The smallest absolute Gasteiger partial charge is 0.122 e. The summed E-state index contributed by atoms with van der Waals surface area (Å²) in [5.74, 6) is 0.695. The first-order valence-corrected chi connectivity index (χ1v) is 8.07. The van der Waals surface area contributed by atoms with Crippen LogP contribution in [0.1, 0.15) is 16.8 Å². The Morgan fingerprint density at radius 1 is 1.16 bits per heavy atom. The zero-order valence-electron chi connectivity index (χ0n) is 13.7. The first-order chi connectivity index (χ1) is 12.3. The molecule has 0 unspecified atom stereocenters. The molecular formula is C20H19N5. The molecule has 3 rings (SSSR count). The second-order valence-corrected chi connectivity index (χ2v) is 5.51. The fraction of sp³-hybridized carbons (Fsp3) is 0.100. The predicted molar refractivity (Wildman–Crippen MR) is 102 cm³/mol. The monoisotopic (exact) mass is 329 g/mol. The molecule has 2 heterocycles. The molecule has 0 radical (unpaired) electrons. The largest absolute Gasteiger partial charge is 0.369 e. The number of anilines is 1. The molecule has 0 spiro atoms. The fourth-order valence-electron chi connectivity index (χ4n) is 2.49. The second-order valence-electron chi connectivity index (χ2n) is 5.51. The van der Waals surface area contributed by atoms with E-state index in [1.807, 2.05) is 60.7 Å². The van der Waals surface area contributed by atoms with E-state index in [2.05, 4.69) is 21.4 Å². The van der Waals surface area contributed by atoms with Gasteiger partial charge in [-0.1, -0.05) is 36.4 Å². The number of H-pyrrole nitrogens is 1. The van der Waals surface area contributed by atoms with Crippen LogP contribution in [0.15, 0.2) is 54.7 Å². The van der Waals surface area contributed by atoms with E-state index in [1.165, 1.54) is 0 Å². The van der Waals surface area contributed by atoms with Crippen molar-refractivity contribution in [2.45, 2.75) is 0 Å². The Morgan fingerprint density at radius 3 is 2.76 bits per heavy atom. The van der Waals surface area contributed by atoms with E-state index in [-0.39, 0.29) is 0 Å². The Balaban J connectivity index is 1.85. The van der Waals surface area contributed by atoms with Crippen LogP contribution in [0.5, 0.6) is 0 Å². The first-order valence-electron chi connectivity index (χ1n) is 8.07. The van der Waals surface area contributed by atoms with Crippen LogP contribution >= 0.6 is 0 Å². The van der Waals surface area contributed by atoms with Crippen LogP contribution in [-0.4, -0.2) is 23.1 Å². The SMILES string of the molecule is N#Cc1cc(-c2ccnc(C=Cc3ccccc3)c2)[nH]c1NCCN. The number of hydrogen-bond donors (Lipinski definition) is 3. The average Bonchev–Trinajstić information content (AvgIpc) is 3.09. The van der Waals surface area contributed by atoms with Gasteiger partial charge in [0.25, 0.3) is 0 Å². The molecule has 0 aliphatic rings. The van der Waals surface area contributed by atoms with Gasteiger partial charge in [-0.05, 0) is 29.8 Å². The number of nitriles is 1. The quantitative estimate of drug-likeness (QED) is 0.645. The standard InChI is InChI=1S/C20H19N5/c21-9-11-24-20-17(14-22)13-19(25-20)16-8-10-23-18(12-16)7-6-15-4-2-1-3-5-15/h1-8,10,12-13,24-25H,9,11,21H2. The van der Waals surface area contributed by atoms with Crippen molar-refractivity contribution in [3.63, 3.8) is 0 Å². The molecule has 0 fully saturated rings. The third-order valence-corrected chi connectivity index (χ3v) is 3.72. The van der Waals surface area contributed by atoms with Gasteiger partial charge in [0.2, 0.25) is 0 Å². The van der Waals surface area contributed by atoms with Crippen LogP contribution < -0.4 is 11.1 Å². The van der Waals surface area contributed by atoms with Crippen molar-refractivity contribution in [2.24, 2.45) is 5.73 Å². The molecule has 0 bridgehead atoms. The van der Waals surface area contributed by atoms with Crippen molar-refractivity contribution in [1.29, 1.82) is 5.26 Å². The number of pyridine rings is 1. The molecule has 0 aliphatic carbocycles. The number of nitrogens with two attached hydrogens (primary N) is 1. The van der Waals surface area contributed by atoms with Gasteiger partial charge in [0.05, 0.1) is 11.3 Å². The second kappa shape index (κ2) is 7.95. The Kier molecular flexibility index (Phi) is 5.25. The number of rotatable bonds is 6. The zero-order chi connectivity index (χ0) is 17.5. The third kappa shape index (κ3) is 4.14. The van der Waals surface area contributed by atoms with Crippen LogP contribution in [0.3, 0.4) is 0 Å². The van der Waals surface area contributed by atoms with Crippen molar-refractivity contribution in [1.82, 2.24) is 9.97 Å². The van der Waals surface area contributed by atoms with Gasteiger partial charge in [0.15, 0.2) is 0 Å². The topological polar surface area (TPSA) is 90.5 Å². The minimum Gasteiger partial charge on any atom is -0.369 e. The van der Waals surface area contributed by atoms with Crippen molar-refractivity contribution in [2.75, 3.05) is 18.4 Å². The molecule has 0 amide bonds. The Hall–Kier alpha value is -3.36. The molecule has 0 saturated carbocycles. The molecule has 5 heteroatoms. The normalized spacial score (nSPS) is 10.7. The minimum absolute atomic E-state index is 0.503. The van der Waals surface area contributed by atoms with Crippen LogP contribution in [0.25, 0.3) is 23.4 Å². The van der Waals surface area contributed by atoms with Crippen LogP contribution in [-0.2, 0) is 0 Å². The molecule has 2 aromatic heterocycles. The summed E-state index contributed by atoms with van der Waals surface area (Å²) >= 11 is 0. The van der Waals surface area contributed by atoms with Crippen molar-refractivity contribution in [3.8, 4) is 17.3 Å². The van der Waals surface area contributed by atoms with Crippen LogP contribution in [0.2, 0.25) is 0 Å². The molecule has 0 atom stereocenters. The zero-order valence-corrected chi connectivity index (χ0v) is 13.7. The van der Waals surface area contributed by atoms with E-state index < -0.39 is 0 Å². The molecule has 3 aromatic rings. The molecule has 0 saturated heterocycles. The summed E-state index contributed by atoms with van der Waals surface area (Å²) in [6.07, 6.45) is 5.76. The molecule has 25 heavy (non-hydrogen) atoms. The molecule has 0 aliphatic heterocycles. The summed E-state index contributed by atoms with van der Waals surface area (Å²) in [5, 5.41) is 12.4. The highest BCUT2D eigenvalue weighted by Gasteiger charge is 2.09. The molecule has 124 valence electrons. The van der Waals surface area contributed by atoms with Crippen molar-refractivity contribution >= 4 is 18.0 Å². The Morgan fingerprint density at radius 2 is 2.00 bits per heavy atom. The predicted octanol–water partition coefficient (Wildman–Crippen LogP) is 3.49. The van der Waals surface area contributed by atoms with Gasteiger partial charge in [0.1, 0.15) is 11.9 Å². The highest BCUT2D eigenvalue weighted by Crippen LogP contribution is 2.25. The van der Waals surface area contributed by atoms with Gasteiger partial charge in [-0.2, -0.15) is 5.26 Å². The van der Waals surface area contributed by atoms with Gasteiger partial charge in [-0.15, -0.1) is 0 Å². The lowest BCUT2D eigenvalue weighted by molar-refractivity contribution is 1.01. The molecule has 5 nitrogen and oxygen atoms in total. The lowest BCUT2D eigenvalue weighted by Crippen LogP contribution is -2.13. The fourth-order valence-corrected chi connectivity index (χ4v) is 2.49. The van der Waals surface area contributed by atoms with E-state index in [1.54, 1.807) is 6.20 Å². The summed E-state index contributed by atoms with van der Waals surface area (Å²) in [4.78, 5) is 7.62. The lowest BCUT2D eigenvalue weighted by atomic mass is 10.1. The van der Waals surface area contributed by atoms with E-state index in [9.17, 15) is 5.26 Å². The maximum Gasteiger partial charge on any atom is 0.122 e. The first kappa shape index (κ1) is 16.5. The summed E-state index contributed by atoms with van der Waals surface area (Å²) in [6, 6.07) is 18.0. The van der Waals surface area contributed by atoms with Gasteiger partial charge in [-0.3, -0.25) is 4.98 Å². The van der Waals surface area contributed by atoms with Crippen molar-refractivity contribution in [3.05, 3.63) is 71.5 Å². The summed E-state index contributed by atoms with van der Waals surface area (Å²) in [6.45, 7) is 1.11. The average molecular weight is 329 g/mol. The number of nitrogens with zero attached hydrogens (tertiary/aromatic N) is 2. The van der Waals surface area contributed by atoms with Crippen molar-refractivity contribution < 1.29 is 0 Å². The number of aromatic nitrogens is 2. The highest BCUT2D eigenvalue weighted by atomic mass is 15.0. The van der Waals surface area contributed by atoms with E-state index in [4.69, 9.17) is 5.73 Å². The Bertz CT molecular complexity index is 903. The van der Waals surface area contributed by atoms with Crippen LogP contribution in [0, 0.1) is 11.3 Å². The Labute approximate surface area is 146 Å². The molecule has 1 aromatic carbocycles. The highest BCUT2D eigenvalue weighted by molar-refractivity contribution is 5.73. The van der Waals surface area contributed by atoms with E-state index in [0.717, 1.165) is 22.5 Å². The maximum absolute atomic E-state index is 9.28. The third-order valence-electron chi connectivity index (χ3n) is 3.72. The number of aromatic amines is 1. The summed E-state index contributed by atoms with van der Waals surface area (Å²) in [5.41, 5.74) is 9.90. The molecular weight excluding hydrogens is 310 g/mol. The van der Waals surface area contributed by atoms with Gasteiger partial charge >= 0.3 is 0 Å². The van der Waals surface area contributed by atoms with Gasteiger partial charge < -0.3 is 16.0 Å². The summed E-state index contributed by atoms with van der Waals surface area (Å²) < 4.78 is 0. The van der Waals surface area contributed by atoms with E-state index >= 15 is 0 Å². The van der Waals surface area contributed by atoms with Gasteiger partial charge in [0, 0.05) is 30.5 Å². The minimum atomic E-state index is 0.503. The van der Waals surface area contributed by atoms with Crippen LogP contribution in [0.4, 0.5) is 5.82 Å². The maximum atomic E-state index is 9.28. The lowest BCUT2D eigenvalue weighted by Gasteiger charge is -2.02. The van der Waals surface area contributed by atoms with Gasteiger partial charge in [-0.25, -0.2) is 0 Å². The summed E-state index contributed by atoms with van der Waals surface area (Å²) in [7, 11) is 0. The van der Waals surface area contributed by atoms with E-state index in [0.29, 0.717) is 24.5 Å². The molecule has 4 N–H and O–H groups in total.